The van der Waals surface area contributed by atoms with Crippen molar-refractivity contribution in [2.75, 3.05) is 0 Å². The first-order chi connectivity index (χ1) is 5.86. The molecule has 12 heavy (non-hydrogen) atoms. The van der Waals surface area contributed by atoms with E-state index in [-0.39, 0.29) is 0 Å². The van der Waals surface area contributed by atoms with Crippen molar-refractivity contribution >= 4 is 5.65 Å². The molecule has 0 spiro atoms. The van der Waals surface area contributed by atoms with Gasteiger partial charge in [-0.3, -0.25) is 0 Å². The second kappa shape index (κ2) is 2.38. The average molecular weight is 160 g/mol. The van der Waals surface area contributed by atoms with Gasteiger partial charge in [0.1, 0.15) is 11.6 Å². The fraction of sp³-hybridized carbons (Fsp3) is 0.250. The zero-order valence-corrected chi connectivity index (χ0v) is 6.73. The van der Waals surface area contributed by atoms with Crippen molar-refractivity contribution in [3.8, 4) is 6.07 Å². The van der Waals surface area contributed by atoms with E-state index in [1.54, 1.807) is 10.7 Å². The molecule has 0 amide bonds. The first kappa shape index (κ1) is 6.92. The molecule has 2 aromatic rings. The zero-order chi connectivity index (χ0) is 8.55. The summed E-state index contributed by atoms with van der Waals surface area (Å²) in [5.41, 5.74) is 1.50. The molecule has 0 aromatic carbocycles. The molecule has 0 radical (unpaired) electrons. The molecule has 0 aliphatic carbocycles. The van der Waals surface area contributed by atoms with Crippen molar-refractivity contribution in [2.24, 2.45) is 0 Å². The van der Waals surface area contributed by atoms with E-state index in [1.165, 1.54) is 0 Å². The van der Waals surface area contributed by atoms with Gasteiger partial charge in [0.2, 0.25) is 0 Å². The molecule has 0 aliphatic rings. The SMILES string of the molecule is CCn1ccn2ncc(C#N)c12. The lowest BCUT2D eigenvalue weighted by Gasteiger charge is -1.95. The highest BCUT2D eigenvalue weighted by Gasteiger charge is 2.06. The third-order valence-corrected chi connectivity index (χ3v) is 1.89. The van der Waals surface area contributed by atoms with Crippen LogP contribution in [0.5, 0.6) is 0 Å². The quantitative estimate of drug-likeness (QED) is 0.625. The Bertz CT molecular complexity index is 443. The number of rotatable bonds is 1. The smallest absolute Gasteiger partial charge is 0.153 e. The minimum atomic E-state index is 0.627. The Morgan fingerprint density at radius 1 is 1.58 bits per heavy atom. The summed E-state index contributed by atoms with van der Waals surface area (Å²) < 4.78 is 3.70. The highest BCUT2D eigenvalue weighted by Crippen LogP contribution is 2.09. The van der Waals surface area contributed by atoms with Crippen LogP contribution < -0.4 is 0 Å². The van der Waals surface area contributed by atoms with E-state index in [0.29, 0.717) is 5.56 Å². The summed E-state index contributed by atoms with van der Waals surface area (Å²) in [4.78, 5) is 0. The molecule has 0 unspecified atom stereocenters. The van der Waals surface area contributed by atoms with Gasteiger partial charge in [0, 0.05) is 18.9 Å². The number of fused-ring (bicyclic) bond motifs is 1. The Labute approximate surface area is 69.6 Å². The van der Waals surface area contributed by atoms with Crippen molar-refractivity contribution in [3.05, 3.63) is 24.2 Å². The minimum absolute atomic E-state index is 0.627. The number of imidazole rings is 1. The van der Waals surface area contributed by atoms with Gasteiger partial charge in [0.25, 0.3) is 0 Å². The highest BCUT2D eigenvalue weighted by atomic mass is 15.3. The predicted molar refractivity (Wildman–Crippen MR) is 43.6 cm³/mol. The lowest BCUT2D eigenvalue weighted by Crippen LogP contribution is -1.92. The minimum Gasteiger partial charge on any atom is -0.331 e. The molecule has 2 aromatic heterocycles. The largest absolute Gasteiger partial charge is 0.331 e. The number of nitriles is 1. The van der Waals surface area contributed by atoms with Crippen LogP contribution in [0.1, 0.15) is 12.5 Å². The van der Waals surface area contributed by atoms with Gasteiger partial charge in [-0.25, -0.2) is 4.52 Å². The third-order valence-electron chi connectivity index (χ3n) is 1.89. The van der Waals surface area contributed by atoms with Crippen LogP contribution in [0.3, 0.4) is 0 Å². The summed E-state index contributed by atoms with van der Waals surface area (Å²) in [7, 11) is 0. The molecule has 0 bridgehead atoms. The molecular weight excluding hydrogens is 152 g/mol. The Morgan fingerprint density at radius 3 is 3.08 bits per heavy atom. The summed E-state index contributed by atoms with van der Waals surface area (Å²) in [6.07, 6.45) is 5.35. The zero-order valence-electron chi connectivity index (χ0n) is 6.73. The monoisotopic (exact) mass is 160 g/mol. The Kier molecular flexibility index (Phi) is 1.37. The van der Waals surface area contributed by atoms with Gasteiger partial charge in [-0.1, -0.05) is 0 Å². The van der Waals surface area contributed by atoms with E-state index in [4.69, 9.17) is 5.26 Å². The lowest BCUT2D eigenvalue weighted by molar-refractivity contribution is 0.788. The van der Waals surface area contributed by atoms with E-state index < -0.39 is 0 Å². The lowest BCUT2D eigenvalue weighted by atomic mass is 10.4. The normalized spacial score (nSPS) is 10.3. The van der Waals surface area contributed by atoms with Crippen LogP contribution in [-0.2, 0) is 6.54 Å². The van der Waals surface area contributed by atoms with Gasteiger partial charge in [-0.2, -0.15) is 10.4 Å². The second-order valence-electron chi connectivity index (χ2n) is 2.52. The Morgan fingerprint density at radius 2 is 2.42 bits per heavy atom. The maximum Gasteiger partial charge on any atom is 0.153 e. The molecule has 2 heterocycles. The van der Waals surface area contributed by atoms with Gasteiger partial charge in [-0.05, 0) is 6.92 Å². The Hall–Kier alpha value is -1.76. The van der Waals surface area contributed by atoms with Crippen LogP contribution in [-0.4, -0.2) is 14.2 Å². The number of aryl methyl sites for hydroxylation is 1. The van der Waals surface area contributed by atoms with Crippen molar-refractivity contribution in [1.29, 1.82) is 5.26 Å². The second-order valence-corrected chi connectivity index (χ2v) is 2.52. The van der Waals surface area contributed by atoms with Gasteiger partial charge in [-0.15, -0.1) is 0 Å². The first-order valence-electron chi connectivity index (χ1n) is 3.79. The average Bonchev–Trinajstić information content (AvgIpc) is 2.62. The van der Waals surface area contributed by atoms with Crippen LogP contribution in [0.25, 0.3) is 5.65 Å². The standard InChI is InChI=1S/C8H8N4/c1-2-11-3-4-12-8(11)7(5-9)6-10-12/h3-4,6H,2H2,1H3. The summed E-state index contributed by atoms with van der Waals surface area (Å²) in [5, 5.41) is 12.8. The first-order valence-corrected chi connectivity index (χ1v) is 3.79. The number of nitrogens with zero attached hydrogens (tertiary/aromatic N) is 4. The van der Waals surface area contributed by atoms with Crippen LogP contribution in [0, 0.1) is 11.3 Å². The van der Waals surface area contributed by atoms with Crippen LogP contribution in [0.2, 0.25) is 0 Å². The molecule has 2 rings (SSSR count). The van der Waals surface area contributed by atoms with Gasteiger partial charge in [0.15, 0.2) is 5.65 Å². The third kappa shape index (κ3) is 0.735. The number of hydrogen-bond acceptors (Lipinski definition) is 2. The van der Waals surface area contributed by atoms with Crippen LogP contribution in [0.4, 0.5) is 0 Å². The highest BCUT2D eigenvalue weighted by molar-refractivity contribution is 5.54. The number of hydrogen-bond donors (Lipinski definition) is 0. The molecule has 4 heteroatoms. The van der Waals surface area contributed by atoms with Crippen molar-refractivity contribution in [3.63, 3.8) is 0 Å². The molecule has 0 atom stereocenters. The van der Waals surface area contributed by atoms with Crippen molar-refractivity contribution in [2.45, 2.75) is 13.5 Å². The Balaban J connectivity index is 2.81. The molecule has 0 fully saturated rings. The van der Waals surface area contributed by atoms with Gasteiger partial charge < -0.3 is 4.57 Å². The van der Waals surface area contributed by atoms with E-state index in [0.717, 1.165) is 12.2 Å². The summed E-state index contributed by atoms with van der Waals surface area (Å²) >= 11 is 0. The molecule has 4 nitrogen and oxygen atoms in total. The van der Waals surface area contributed by atoms with Crippen LogP contribution in [0.15, 0.2) is 18.6 Å². The maximum absolute atomic E-state index is 8.75. The molecule has 0 saturated carbocycles. The van der Waals surface area contributed by atoms with E-state index in [9.17, 15) is 0 Å². The molecule has 60 valence electrons. The molecular formula is C8H8N4. The van der Waals surface area contributed by atoms with E-state index in [1.807, 2.05) is 23.9 Å². The van der Waals surface area contributed by atoms with Crippen LogP contribution >= 0.6 is 0 Å². The van der Waals surface area contributed by atoms with Gasteiger partial charge in [0.05, 0.1) is 6.20 Å². The fourth-order valence-corrected chi connectivity index (χ4v) is 1.30. The molecule has 0 N–H and O–H groups in total. The summed E-state index contributed by atoms with van der Waals surface area (Å²) in [5.74, 6) is 0. The summed E-state index contributed by atoms with van der Waals surface area (Å²) in [6.45, 7) is 2.89. The van der Waals surface area contributed by atoms with Crippen molar-refractivity contribution in [1.82, 2.24) is 14.2 Å². The van der Waals surface area contributed by atoms with Gasteiger partial charge >= 0.3 is 0 Å². The fourth-order valence-electron chi connectivity index (χ4n) is 1.30. The van der Waals surface area contributed by atoms with E-state index in [2.05, 4.69) is 11.2 Å². The molecule has 0 saturated heterocycles. The van der Waals surface area contributed by atoms with Crippen molar-refractivity contribution < 1.29 is 0 Å². The topological polar surface area (TPSA) is 46.0 Å². The maximum atomic E-state index is 8.75. The number of aromatic nitrogens is 3. The predicted octanol–water partition coefficient (Wildman–Crippen LogP) is 1.03. The van der Waals surface area contributed by atoms with E-state index >= 15 is 0 Å². The summed E-state index contributed by atoms with van der Waals surface area (Å²) in [6, 6.07) is 2.11. The molecule has 0 aliphatic heterocycles.